The average Bonchev–Trinajstić information content (AvgIpc) is 3.07. The normalized spacial score (nSPS) is 12.0. The minimum Gasteiger partial charge on any atom is -0.508 e. The van der Waals surface area contributed by atoms with E-state index in [0.717, 1.165) is 5.69 Å². The Hall–Kier alpha value is -1.64. The molecule has 2 N–H and O–H groups in total. The lowest BCUT2D eigenvalue weighted by Gasteiger charge is -2.06. The van der Waals surface area contributed by atoms with Crippen molar-refractivity contribution in [2.75, 3.05) is 5.32 Å². The average molecular weight is 490 g/mol. The molecule has 6 nitrogen and oxygen atoms in total. The van der Waals surface area contributed by atoms with Crippen LogP contribution in [0.3, 0.4) is 0 Å². The summed E-state index contributed by atoms with van der Waals surface area (Å²) in [6.45, 7) is 1.81. The lowest BCUT2D eigenvalue weighted by Crippen LogP contribution is -1.97. The molecule has 0 spiro atoms. The maximum Gasteiger partial charge on any atom is 0.173 e. The van der Waals surface area contributed by atoms with Crippen LogP contribution >= 0.6 is 40.0 Å². The van der Waals surface area contributed by atoms with E-state index in [0.29, 0.717) is 33.8 Å². The molecule has 128 valence electrons. The molecule has 0 amide bonds. The molecule has 25 heavy (non-hydrogen) atoms. The Morgan fingerprint density at radius 3 is 2.88 bits per heavy atom. The number of rotatable bonds is 3. The van der Waals surface area contributed by atoms with Gasteiger partial charge in [-0.1, -0.05) is 11.6 Å². The number of anilines is 2. The first-order valence-electron chi connectivity index (χ1n) is 7.16. The summed E-state index contributed by atoms with van der Waals surface area (Å²) in [7, 11) is 0. The number of hydrogen-bond acceptors (Lipinski definition) is 4. The number of pyridine rings is 1. The molecule has 3 aromatic heterocycles. The zero-order valence-electron chi connectivity index (χ0n) is 12.8. The highest BCUT2D eigenvalue weighted by atomic mass is 127. The quantitative estimate of drug-likeness (QED) is 0.313. The predicted molar refractivity (Wildman–Crippen MR) is 107 cm³/mol. The van der Waals surface area contributed by atoms with Crippen molar-refractivity contribution in [3.05, 3.63) is 47.1 Å². The summed E-state index contributed by atoms with van der Waals surface area (Å²) in [4.78, 5) is 4.14. The van der Waals surface area contributed by atoms with Crippen molar-refractivity contribution in [1.29, 1.82) is 0 Å². The van der Waals surface area contributed by atoms with E-state index in [-0.39, 0.29) is 11.4 Å². The fourth-order valence-corrected chi connectivity index (χ4v) is 4.53. The highest BCUT2D eigenvalue weighted by Crippen LogP contribution is 2.39. The van der Waals surface area contributed by atoms with Crippen LogP contribution in [0, 0.1) is 12.7 Å². The fraction of sp³-hybridized carbons (Fsp3) is 0.0667. The van der Waals surface area contributed by atoms with Crippen LogP contribution < -0.4 is 5.32 Å². The minimum atomic E-state index is -0.429. The second-order valence-electron chi connectivity index (χ2n) is 5.48. The smallest absolute Gasteiger partial charge is 0.173 e. The molecule has 0 aliphatic heterocycles. The molecule has 0 fully saturated rings. The first kappa shape index (κ1) is 16.8. The third-order valence-corrected chi connectivity index (χ3v) is 5.86. The number of aromatic hydroxyl groups is 1. The highest BCUT2D eigenvalue weighted by molar-refractivity contribution is 14.2. The van der Waals surface area contributed by atoms with E-state index in [1.807, 2.05) is 6.92 Å². The summed E-state index contributed by atoms with van der Waals surface area (Å²) in [5.74, 6) is 0.141. The summed E-state index contributed by atoms with van der Waals surface area (Å²) in [6, 6.07) is 4.43. The van der Waals surface area contributed by atoms with Gasteiger partial charge in [-0.05, 0) is 35.0 Å². The van der Waals surface area contributed by atoms with Crippen molar-refractivity contribution in [2.24, 2.45) is 0 Å². The van der Waals surface area contributed by atoms with Crippen LogP contribution in [-0.2, 0) is 0 Å². The van der Waals surface area contributed by atoms with Crippen molar-refractivity contribution in [3.63, 3.8) is 0 Å². The van der Waals surface area contributed by atoms with Gasteiger partial charge in [-0.3, -0.25) is 0 Å². The monoisotopic (exact) mass is 489 g/mol. The number of phenols is 1. The number of nitrogens with zero attached hydrogens (tertiary/aromatic N) is 4. The van der Waals surface area contributed by atoms with Gasteiger partial charge in [0.05, 0.1) is 33.7 Å². The Bertz CT molecular complexity index is 1130. The van der Waals surface area contributed by atoms with Crippen LogP contribution in [0.1, 0.15) is 5.69 Å². The molecule has 0 aliphatic rings. The first-order chi connectivity index (χ1) is 12.0. The zero-order valence-corrected chi connectivity index (χ0v) is 16.7. The molecule has 0 bridgehead atoms. The summed E-state index contributed by atoms with van der Waals surface area (Å²) in [5, 5.41) is 18.4. The number of fused-ring (bicyclic) bond motifs is 2. The molecule has 3 heterocycles. The number of halogens is 3. The number of phenolic OH excluding ortho intramolecular Hbond substituents is 1. The second kappa shape index (κ2) is 6.26. The van der Waals surface area contributed by atoms with Crippen molar-refractivity contribution in [1.82, 2.24) is 18.9 Å². The van der Waals surface area contributed by atoms with Crippen LogP contribution in [0.15, 0.2) is 30.6 Å². The maximum atomic E-state index is 14.3. The topological polar surface area (TPSA) is 67.4 Å². The van der Waals surface area contributed by atoms with Crippen LogP contribution in [0.4, 0.5) is 15.9 Å². The van der Waals surface area contributed by atoms with Crippen molar-refractivity contribution in [2.45, 2.75) is 6.92 Å². The van der Waals surface area contributed by atoms with Gasteiger partial charge < -0.3 is 14.8 Å². The largest absolute Gasteiger partial charge is 0.508 e. The number of imidazole rings is 1. The molecule has 0 saturated carbocycles. The van der Waals surface area contributed by atoms with E-state index < -0.39 is 5.82 Å². The second-order valence-corrected chi connectivity index (χ2v) is 7.93. The van der Waals surface area contributed by atoms with Gasteiger partial charge in [0.1, 0.15) is 5.75 Å². The number of nitrogens with one attached hydrogen (secondary N) is 1. The van der Waals surface area contributed by atoms with E-state index in [1.165, 1.54) is 12.1 Å². The SMILES string of the molecule is Cc1cn2cc(Nc3nn(PI)c4cc(O)cc(Cl)c34)cc(F)c2n1. The van der Waals surface area contributed by atoms with Crippen molar-refractivity contribution in [3.8, 4) is 5.75 Å². The van der Waals surface area contributed by atoms with E-state index in [2.05, 4.69) is 37.4 Å². The summed E-state index contributed by atoms with van der Waals surface area (Å²) in [5.41, 5.74) is 2.24. The molecular formula is C15H11ClFIN5OP. The fourth-order valence-electron chi connectivity index (χ4n) is 2.72. The van der Waals surface area contributed by atoms with Gasteiger partial charge in [0.15, 0.2) is 17.3 Å². The minimum absolute atomic E-state index is 0.0706. The van der Waals surface area contributed by atoms with Gasteiger partial charge in [-0.15, -0.1) is 5.10 Å². The number of aromatic nitrogens is 4. The lowest BCUT2D eigenvalue weighted by molar-refractivity contribution is 0.476. The van der Waals surface area contributed by atoms with Crippen LogP contribution in [0.25, 0.3) is 16.6 Å². The lowest BCUT2D eigenvalue weighted by atomic mass is 10.2. The van der Waals surface area contributed by atoms with Gasteiger partial charge in [0, 0.05) is 24.5 Å². The van der Waals surface area contributed by atoms with Gasteiger partial charge in [-0.25, -0.2) is 13.8 Å². The van der Waals surface area contributed by atoms with Crippen molar-refractivity contribution >= 4 is 68.1 Å². The standard InChI is InChI=1S/C15H11ClFIN5OP/c1-7-5-22-6-8(2-11(17)15(22)19-7)20-14-13-10(16)3-9(24)4-12(13)23(21-14)25-18/h2-6,24-25H,1H3,(H,20,21). The molecule has 0 radical (unpaired) electrons. The Morgan fingerprint density at radius 2 is 2.12 bits per heavy atom. The molecular weight excluding hydrogens is 479 g/mol. The number of benzene rings is 1. The predicted octanol–water partition coefficient (Wildman–Crippen LogP) is 5.03. The molecule has 1 unspecified atom stereocenters. The van der Waals surface area contributed by atoms with Gasteiger partial charge in [0.25, 0.3) is 0 Å². The van der Waals surface area contributed by atoms with Gasteiger partial charge in [0.2, 0.25) is 0 Å². The molecule has 1 aromatic carbocycles. The van der Waals surface area contributed by atoms with Gasteiger partial charge in [-0.2, -0.15) is 0 Å². The Kier molecular flexibility index (Phi) is 4.21. The van der Waals surface area contributed by atoms with E-state index >= 15 is 0 Å². The summed E-state index contributed by atoms with van der Waals surface area (Å²) >= 11 is 8.48. The van der Waals surface area contributed by atoms with E-state index in [1.54, 1.807) is 27.3 Å². The van der Waals surface area contributed by atoms with E-state index in [9.17, 15) is 9.50 Å². The molecule has 10 heteroatoms. The first-order valence-corrected chi connectivity index (χ1v) is 11.6. The van der Waals surface area contributed by atoms with Gasteiger partial charge >= 0.3 is 0 Å². The highest BCUT2D eigenvalue weighted by Gasteiger charge is 2.16. The molecule has 1 atom stereocenters. The zero-order chi connectivity index (χ0) is 17.7. The molecule has 4 aromatic rings. The van der Waals surface area contributed by atoms with Crippen molar-refractivity contribution < 1.29 is 9.50 Å². The van der Waals surface area contributed by atoms with E-state index in [4.69, 9.17) is 11.6 Å². The Morgan fingerprint density at radius 1 is 1.32 bits per heavy atom. The molecule has 0 aliphatic carbocycles. The molecule has 4 rings (SSSR count). The summed E-state index contributed by atoms with van der Waals surface area (Å²) in [6.07, 6.45) is 3.81. The summed E-state index contributed by atoms with van der Waals surface area (Å²) < 4.78 is 17.6. The van der Waals surface area contributed by atoms with Crippen LogP contribution in [-0.4, -0.2) is 24.0 Å². The maximum absolute atomic E-state index is 14.3. The Balaban J connectivity index is 1.86. The molecule has 0 saturated heterocycles. The van der Waals surface area contributed by atoms with Crippen LogP contribution in [0.5, 0.6) is 5.75 Å². The Labute approximate surface area is 161 Å². The van der Waals surface area contributed by atoms with Crippen LogP contribution in [0.2, 0.25) is 5.02 Å². The number of aryl methyl sites for hydroxylation is 1. The third-order valence-electron chi connectivity index (χ3n) is 3.69. The third kappa shape index (κ3) is 2.92. The number of hydrogen-bond donors (Lipinski definition) is 2.